The van der Waals surface area contributed by atoms with Gasteiger partial charge in [0.25, 0.3) is 7.60 Å². The number of rotatable bonds is 5. The third-order valence-electron chi connectivity index (χ3n) is 1.41. The van der Waals surface area contributed by atoms with Gasteiger partial charge in [-0.1, -0.05) is 0 Å². The molecule has 0 rings (SSSR count). The van der Waals surface area contributed by atoms with Crippen LogP contribution in [-0.2, 0) is 13.6 Å². The van der Waals surface area contributed by atoms with Crippen LogP contribution in [0.1, 0.15) is 20.8 Å². The van der Waals surface area contributed by atoms with Gasteiger partial charge in [-0.25, -0.2) is 0 Å². The second-order valence-electron chi connectivity index (χ2n) is 2.34. The van der Waals surface area contributed by atoms with Crippen LogP contribution in [0, 0.1) is 6.92 Å². The van der Waals surface area contributed by atoms with Gasteiger partial charge in [0.05, 0.1) is 13.2 Å². The van der Waals surface area contributed by atoms with Crippen molar-refractivity contribution >= 4 is 7.60 Å². The average molecular weight is 220 g/mol. The molecule has 15 heavy (non-hydrogen) atoms. The summed E-state index contributed by atoms with van der Waals surface area (Å²) in [6, 6.07) is 0. The molecule has 78 valence electrons. The molecule has 0 bridgehead atoms. The van der Waals surface area contributed by atoms with Crippen LogP contribution in [0.3, 0.4) is 0 Å². The minimum atomic E-state index is -3.36. The average Bonchev–Trinajstić information content (AvgIpc) is 2.03. The van der Waals surface area contributed by atoms with Crippen molar-refractivity contribution in [1.82, 2.24) is 0 Å². The molecule has 0 aliphatic carbocycles. The maximum absolute atomic E-state index is 11.8. The van der Waals surface area contributed by atoms with E-state index < -0.39 is 13.4 Å². The third kappa shape index (κ3) is 6.82. The van der Waals surface area contributed by atoms with Crippen LogP contribution >= 0.6 is 7.60 Å². The second-order valence-corrected chi connectivity index (χ2v) is 4.52. The first-order chi connectivity index (χ1) is 5.98. The molecule has 0 aliphatic rings. The van der Waals surface area contributed by atoms with E-state index in [4.69, 9.17) is 9.05 Å². The van der Waals surface area contributed by atoms with Crippen LogP contribution in [0.15, 0.2) is 11.1 Å². The van der Waals surface area contributed by atoms with Gasteiger partial charge >= 0.3 is 37.7 Å². The van der Waals surface area contributed by atoms with Crippen molar-refractivity contribution in [3.05, 3.63) is 18.0 Å². The summed E-state index contributed by atoms with van der Waals surface area (Å²) in [5.41, 5.74) is 0. The van der Waals surface area contributed by atoms with Crippen LogP contribution in [-0.4, -0.2) is 13.2 Å². The Morgan fingerprint density at radius 2 is 1.60 bits per heavy atom. The Bertz CT molecular complexity index is 229. The standard InChI is InChI=1S/C8H16O4P.2Li/c1-5-11-13(10,12-6-2)8(4)7(3)9;;/h9H,3,5-6H2,1-2,4H3;;/q-1;2*+1/p-1/b8-7-;;. The monoisotopic (exact) mass is 220 g/mol. The first-order valence-electron chi connectivity index (χ1n) is 4.07. The number of allylic oxidation sites excluding steroid dienone is 2. The van der Waals surface area contributed by atoms with Crippen molar-refractivity contribution in [2.75, 3.05) is 13.2 Å². The Kier molecular flexibility index (Phi) is 14.0. The first-order valence-corrected chi connectivity index (χ1v) is 5.61. The first kappa shape index (κ1) is 21.1. The molecule has 0 saturated heterocycles. The van der Waals surface area contributed by atoms with E-state index in [1.165, 1.54) is 6.92 Å². The van der Waals surface area contributed by atoms with Gasteiger partial charge in [0.15, 0.2) is 0 Å². The van der Waals surface area contributed by atoms with Crippen molar-refractivity contribution in [3.63, 3.8) is 0 Å². The molecule has 0 N–H and O–H groups in total. The van der Waals surface area contributed by atoms with Gasteiger partial charge in [-0.2, -0.15) is 0 Å². The smallest absolute Gasteiger partial charge is 0.899 e. The summed E-state index contributed by atoms with van der Waals surface area (Å²) >= 11 is 0. The molecule has 7 heteroatoms. The molecule has 0 amide bonds. The van der Waals surface area contributed by atoms with E-state index in [1.807, 2.05) is 0 Å². The molecule has 0 aromatic heterocycles. The molecule has 0 fully saturated rings. The summed E-state index contributed by atoms with van der Waals surface area (Å²) in [4.78, 5) is 0. The van der Waals surface area contributed by atoms with Crippen molar-refractivity contribution < 1.29 is 56.4 Å². The van der Waals surface area contributed by atoms with Crippen LogP contribution in [0.25, 0.3) is 0 Å². The van der Waals surface area contributed by atoms with Gasteiger partial charge in [-0.3, -0.25) is 17.2 Å². The van der Waals surface area contributed by atoms with Crippen LogP contribution in [0.4, 0.5) is 0 Å². The minimum absolute atomic E-state index is 0. The zero-order valence-electron chi connectivity index (χ0n) is 10.2. The van der Waals surface area contributed by atoms with Crippen LogP contribution in [0.5, 0.6) is 0 Å². The summed E-state index contributed by atoms with van der Waals surface area (Å²) in [6.45, 7) is 8.43. The van der Waals surface area contributed by atoms with Crippen molar-refractivity contribution in [1.29, 1.82) is 0 Å². The molecule has 0 aliphatic heterocycles. The predicted molar refractivity (Wildman–Crippen MR) is 48.9 cm³/mol. The van der Waals surface area contributed by atoms with E-state index in [0.29, 0.717) is 0 Å². The van der Waals surface area contributed by atoms with Crippen molar-refractivity contribution in [2.45, 2.75) is 20.8 Å². The maximum atomic E-state index is 11.8. The van der Waals surface area contributed by atoms with E-state index in [1.54, 1.807) is 13.8 Å². The van der Waals surface area contributed by atoms with E-state index in [2.05, 4.69) is 6.92 Å². The molecule has 0 heterocycles. The summed E-state index contributed by atoms with van der Waals surface area (Å²) < 4.78 is 21.7. The summed E-state index contributed by atoms with van der Waals surface area (Å²) in [5, 5.41) is 10.9. The predicted octanol–water partition coefficient (Wildman–Crippen LogP) is -4.31. The molecule has 4 nitrogen and oxygen atoms in total. The van der Waals surface area contributed by atoms with Crippen LogP contribution in [0.2, 0.25) is 0 Å². The Labute approximate surface area is 116 Å². The second kappa shape index (κ2) is 9.94. The molecule has 0 atom stereocenters. The topological polar surface area (TPSA) is 58.6 Å². The number of hydrogen-bond donors (Lipinski definition) is 0. The SMILES string of the molecule is [CH2-]/C([O-])=C(\C)P(=O)(OCC)OCC.[Li+].[Li+]. The molecule has 0 unspecified atom stereocenters. The van der Waals surface area contributed by atoms with Crippen molar-refractivity contribution in [2.24, 2.45) is 0 Å². The fourth-order valence-corrected chi connectivity index (χ4v) is 2.17. The molecule has 0 spiro atoms. The zero-order valence-corrected chi connectivity index (χ0v) is 11.1. The largest absolute Gasteiger partial charge is 1.00 e. The summed E-state index contributed by atoms with van der Waals surface area (Å²) in [6.07, 6.45) is 0. The normalized spacial score (nSPS) is 12.2. The third-order valence-corrected chi connectivity index (χ3v) is 3.68. The van der Waals surface area contributed by atoms with Gasteiger partial charge in [0.2, 0.25) is 0 Å². The molecule has 0 aromatic carbocycles. The maximum Gasteiger partial charge on any atom is 1.00 e. The Balaban J connectivity index is -0.000000720. The molecule has 0 aromatic rings. The van der Waals surface area contributed by atoms with Gasteiger partial charge < -0.3 is 14.2 Å². The molecular formula is C8H15Li2O4P. The Hall–Kier alpha value is 0.755. The van der Waals surface area contributed by atoms with Gasteiger partial charge in [0, 0.05) is 0 Å². The zero-order chi connectivity index (χ0) is 10.5. The summed E-state index contributed by atoms with van der Waals surface area (Å²) in [7, 11) is -3.36. The van der Waals surface area contributed by atoms with Gasteiger partial charge in [-0.15, -0.1) is 12.2 Å². The Morgan fingerprint density at radius 1 is 1.27 bits per heavy atom. The molecule has 0 radical (unpaired) electrons. The molecular weight excluding hydrogens is 205 g/mol. The molecule has 0 saturated carbocycles. The Morgan fingerprint density at radius 3 is 1.80 bits per heavy atom. The van der Waals surface area contributed by atoms with Crippen molar-refractivity contribution in [3.8, 4) is 0 Å². The van der Waals surface area contributed by atoms with Gasteiger partial charge in [-0.05, 0) is 13.8 Å². The fraction of sp³-hybridized carbons (Fsp3) is 0.625. The van der Waals surface area contributed by atoms with E-state index in [-0.39, 0.29) is 56.2 Å². The minimum Gasteiger partial charge on any atom is -0.899 e. The van der Waals surface area contributed by atoms with Gasteiger partial charge in [0.1, 0.15) is 0 Å². The quantitative estimate of drug-likeness (QED) is 0.203. The number of hydrogen-bond acceptors (Lipinski definition) is 4. The van der Waals surface area contributed by atoms with E-state index >= 15 is 0 Å². The summed E-state index contributed by atoms with van der Waals surface area (Å²) in [5.74, 6) is -0.509. The van der Waals surface area contributed by atoms with E-state index in [9.17, 15) is 9.67 Å². The van der Waals surface area contributed by atoms with E-state index in [0.717, 1.165) is 0 Å². The van der Waals surface area contributed by atoms with Crippen LogP contribution < -0.4 is 42.8 Å². The fourth-order valence-electron chi connectivity index (χ4n) is 0.724.